The second-order valence-corrected chi connectivity index (χ2v) is 5.00. The molecule has 0 fully saturated rings. The Kier molecular flexibility index (Phi) is 3.53. The Morgan fingerprint density at radius 2 is 2.19 bits per heavy atom. The molecule has 0 saturated heterocycles. The van der Waals surface area contributed by atoms with Gasteiger partial charge in [0.15, 0.2) is 0 Å². The summed E-state index contributed by atoms with van der Waals surface area (Å²) in [5.74, 6) is 0. The summed E-state index contributed by atoms with van der Waals surface area (Å²) < 4.78 is 6.43. The Morgan fingerprint density at radius 1 is 1.44 bits per heavy atom. The van der Waals surface area contributed by atoms with E-state index < -0.39 is 0 Å². The van der Waals surface area contributed by atoms with E-state index in [2.05, 4.69) is 11.1 Å². The number of methoxy groups -OCH3 is 1. The number of benzene rings is 1. The average molecular weight is 236 g/mol. The molecule has 1 heterocycles. The molecule has 0 spiro atoms. The minimum absolute atomic E-state index is 0.00515. The van der Waals surface area contributed by atoms with Gasteiger partial charge in [0.2, 0.25) is 0 Å². The van der Waals surface area contributed by atoms with Crippen molar-refractivity contribution in [3.8, 4) is 0 Å². The van der Waals surface area contributed by atoms with E-state index in [0.717, 1.165) is 16.9 Å². The molecule has 86 valence electrons. The predicted octanol–water partition coefficient (Wildman–Crippen LogP) is 2.20. The van der Waals surface area contributed by atoms with Crippen molar-refractivity contribution in [2.75, 3.05) is 7.11 Å². The van der Waals surface area contributed by atoms with E-state index in [4.69, 9.17) is 10.5 Å². The zero-order valence-electron chi connectivity index (χ0n) is 9.51. The lowest BCUT2D eigenvalue weighted by Gasteiger charge is -2.16. The Morgan fingerprint density at radius 3 is 2.88 bits per heavy atom. The molecule has 0 aliphatic heterocycles. The van der Waals surface area contributed by atoms with Crippen molar-refractivity contribution in [2.24, 2.45) is 5.73 Å². The summed E-state index contributed by atoms with van der Waals surface area (Å²) in [6.45, 7) is 1.98. The lowest BCUT2D eigenvalue weighted by molar-refractivity contribution is 0.0956. The fourth-order valence-electron chi connectivity index (χ4n) is 1.55. The van der Waals surface area contributed by atoms with Gasteiger partial charge in [-0.1, -0.05) is 12.1 Å². The van der Waals surface area contributed by atoms with Crippen LogP contribution in [-0.4, -0.2) is 24.2 Å². The Balaban J connectivity index is 2.15. The summed E-state index contributed by atoms with van der Waals surface area (Å²) >= 11 is 1.71. The summed E-state index contributed by atoms with van der Waals surface area (Å²) in [5, 5.41) is 1.08. The van der Waals surface area contributed by atoms with E-state index in [1.54, 1.807) is 18.4 Å². The molecule has 2 rings (SSSR count). The third-order valence-corrected chi connectivity index (χ3v) is 3.78. The molecule has 0 bridgehead atoms. The molecule has 2 unspecified atom stereocenters. The highest BCUT2D eigenvalue weighted by Crippen LogP contribution is 2.22. The van der Waals surface area contributed by atoms with E-state index in [1.165, 1.54) is 4.70 Å². The molecule has 1 aromatic heterocycles. The number of fused-ring (bicyclic) bond motifs is 1. The number of aromatic nitrogens is 1. The molecule has 2 aromatic rings. The van der Waals surface area contributed by atoms with E-state index >= 15 is 0 Å². The highest BCUT2D eigenvalue weighted by atomic mass is 32.1. The van der Waals surface area contributed by atoms with E-state index in [9.17, 15) is 0 Å². The fourth-order valence-corrected chi connectivity index (χ4v) is 2.59. The van der Waals surface area contributed by atoms with Gasteiger partial charge in [0.1, 0.15) is 0 Å². The quantitative estimate of drug-likeness (QED) is 0.885. The van der Waals surface area contributed by atoms with Crippen LogP contribution in [0.25, 0.3) is 10.2 Å². The molecule has 3 nitrogen and oxygen atoms in total. The van der Waals surface area contributed by atoms with Gasteiger partial charge in [-0.3, -0.25) is 0 Å². The number of nitrogens with zero attached hydrogens (tertiary/aromatic N) is 1. The van der Waals surface area contributed by atoms with Crippen molar-refractivity contribution >= 4 is 21.6 Å². The number of thiazole rings is 1. The Labute approximate surface area is 99.3 Å². The second kappa shape index (κ2) is 4.91. The van der Waals surface area contributed by atoms with Crippen molar-refractivity contribution in [1.29, 1.82) is 0 Å². The Hall–Kier alpha value is -0.970. The standard InChI is InChI=1S/C12H16N2OS/c1-8(15-2)9(13)7-12-14-10-5-3-4-6-11(10)16-12/h3-6,8-9H,7,13H2,1-2H3. The van der Waals surface area contributed by atoms with E-state index in [0.29, 0.717) is 0 Å². The molecule has 1 aromatic carbocycles. The summed E-state index contributed by atoms with van der Waals surface area (Å²) in [6, 6.07) is 8.15. The molecule has 0 aliphatic rings. The van der Waals surface area contributed by atoms with E-state index in [1.807, 2.05) is 25.1 Å². The first-order valence-electron chi connectivity index (χ1n) is 5.33. The van der Waals surface area contributed by atoms with E-state index in [-0.39, 0.29) is 12.1 Å². The van der Waals surface area contributed by atoms with Crippen LogP contribution in [-0.2, 0) is 11.2 Å². The first-order valence-corrected chi connectivity index (χ1v) is 6.15. The molecule has 2 N–H and O–H groups in total. The highest BCUT2D eigenvalue weighted by molar-refractivity contribution is 7.18. The average Bonchev–Trinajstić information content (AvgIpc) is 2.69. The molecule has 0 saturated carbocycles. The number of para-hydroxylation sites is 1. The van der Waals surface area contributed by atoms with Gasteiger partial charge in [-0.25, -0.2) is 4.98 Å². The summed E-state index contributed by atoms with van der Waals surface area (Å²) in [5.41, 5.74) is 7.08. The van der Waals surface area contributed by atoms with Crippen LogP contribution in [0.15, 0.2) is 24.3 Å². The van der Waals surface area contributed by atoms with Crippen molar-refractivity contribution in [1.82, 2.24) is 4.98 Å². The van der Waals surface area contributed by atoms with Crippen LogP contribution in [0.5, 0.6) is 0 Å². The van der Waals surface area contributed by atoms with Gasteiger partial charge in [0.05, 0.1) is 21.3 Å². The lowest BCUT2D eigenvalue weighted by Crippen LogP contribution is -2.35. The lowest BCUT2D eigenvalue weighted by atomic mass is 10.1. The van der Waals surface area contributed by atoms with Crippen LogP contribution in [0.1, 0.15) is 11.9 Å². The summed E-state index contributed by atoms with van der Waals surface area (Å²) in [4.78, 5) is 4.55. The molecular formula is C12H16N2OS. The van der Waals surface area contributed by atoms with Crippen LogP contribution in [0.3, 0.4) is 0 Å². The van der Waals surface area contributed by atoms with Gasteiger partial charge >= 0.3 is 0 Å². The second-order valence-electron chi connectivity index (χ2n) is 3.88. The molecule has 0 amide bonds. The highest BCUT2D eigenvalue weighted by Gasteiger charge is 2.14. The van der Waals surface area contributed by atoms with Crippen molar-refractivity contribution in [3.05, 3.63) is 29.3 Å². The van der Waals surface area contributed by atoms with Gasteiger partial charge in [-0.15, -0.1) is 11.3 Å². The zero-order chi connectivity index (χ0) is 11.5. The molecule has 0 radical (unpaired) electrons. The van der Waals surface area contributed by atoms with Crippen LogP contribution in [0, 0.1) is 0 Å². The van der Waals surface area contributed by atoms with Gasteiger partial charge in [-0.05, 0) is 19.1 Å². The third-order valence-electron chi connectivity index (χ3n) is 2.72. The maximum atomic E-state index is 6.02. The largest absolute Gasteiger partial charge is 0.380 e. The van der Waals surface area contributed by atoms with Crippen LogP contribution >= 0.6 is 11.3 Å². The number of nitrogens with two attached hydrogens (primary N) is 1. The fraction of sp³-hybridized carbons (Fsp3) is 0.417. The minimum Gasteiger partial charge on any atom is -0.380 e. The maximum Gasteiger partial charge on any atom is 0.0955 e. The monoisotopic (exact) mass is 236 g/mol. The van der Waals surface area contributed by atoms with Crippen molar-refractivity contribution < 1.29 is 4.74 Å². The normalized spacial score (nSPS) is 15.2. The van der Waals surface area contributed by atoms with Gasteiger partial charge < -0.3 is 10.5 Å². The summed E-state index contributed by atoms with van der Waals surface area (Å²) in [7, 11) is 1.68. The van der Waals surface area contributed by atoms with Crippen molar-refractivity contribution in [3.63, 3.8) is 0 Å². The Bertz CT molecular complexity index is 436. The number of ether oxygens (including phenoxy) is 1. The molecule has 16 heavy (non-hydrogen) atoms. The first-order chi connectivity index (χ1) is 7.70. The number of rotatable bonds is 4. The van der Waals surface area contributed by atoms with Crippen molar-refractivity contribution in [2.45, 2.75) is 25.5 Å². The topological polar surface area (TPSA) is 48.1 Å². The first kappa shape index (κ1) is 11.5. The smallest absolute Gasteiger partial charge is 0.0955 e. The van der Waals surface area contributed by atoms with Gasteiger partial charge in [-0.2, -0.15) is 0 Å². The number of hydrogen-bond donors (Lipinski definition) is 1. The molecule has 0 aliphatic carbocycles. The van der Waals surface area contributed by atoms with Crippen LogP contribution in [0.2, 0.25) is 0 Å². The zero-order valence-corrected chi connectivity index (χ0v) is 10.3. The third kappa shape index (κ3) is 2.40. The molecule has 4 heteroatoms. The van der Waals surface area contributed by atoms with Crippen LogP contribution in [0.4, 0.5) is 0 Å². The SMILES string of the molecule is COC(C)C(N)Cc1nc2ccccc2s1. The van der Waals surface area contributed by atoms with Crippen LogP contribution < -0.4 is 5.73 Å². The van der Waals surface area contributed by atoms with Gasteiger partial charge in [0.25, 0.3) is 0 Å². The minimum atomic E-state index is 0.00515. The summed E-state index contributed by atoms with van der Waals surface area (Å²) in [6.07, 6.45) is 0.834. The molecular weight excluding hydrogens is 220 g/mol. The number of hydrogen-bond acceptors (Lipinski definition) is 4. The molecule has 2 atom stereocenters. The van der Waals surface area contributed by atoms with Gasteiger partial charge in [0, 0.05) is 19.6 Å². The maximum absolute atomic E-state index is 6.02. The predicted molar refractivity (Wildman–Crippen MR) is 67.8 cm³/mol.